The highest BCUT2D eigenvalue weighted by Gasteiger charge is 2.15. The topological polar surface area (TPSA) is 72.4 Å². The minimum absolute atomic E-state index is 0.107. The number of rotatable bonds is 7. The molecule has 0 atom stereocenters. The summed E-state index contributed by atoms with van der Waals surface area (Å²) in [6.45, 7) is 10.9. The molecule has 0 amide bonds. The molecule has 3 N–H and O–H groups in total. The van der Waals surface area contributed by atoms with E-state index in [1.54, 1.807) is 4.57 Å². The molecule has 154 valence electrons. The number of pyridine rings is 1. The number of nitrogens with one attached hydrogen (secondary N) is 1. The van der Waals surface area contributed by atoms with E-state index in [0.717, 1.165) is 28.8 Å². The van der Waals surface area contributed by atoms with Crippen molar-refractivity contribution in [2.75, 3.05) is 12.3 Å². The molecule has 0 aliphatic heterocycles. The van der Waals surface area contributed by atoms with Crippen LogP contribution in [0.25, 0.3) is 22.3 Å². The highest BCUT2D eigenvalue weighted by molar-refractivity contribution is 6.03. The maximum Gasteiger partial charge on any atom is 0.260 e. The first-order valence-corrected chi connectivity index (χ1v) is 10.1. The summed E-state index contributed by atoms with van der Waals surface area (Å²) < 4.78 is 1.59. The van der Waals surface area contributed by atoms with Crippen LogP contribution in [0.15, 0.2) is 82.9 Å². The molecule has 0 fully saturated rings. The summed E-state index contributed by atoms with van der Waals surface area (Å²) >= 11 is 0. The zero-order valence-electron chi connectivity index (χ0n) is 17.8. The maximum absolute atomic E-state index is 13.1. The Labute approximate surface area is 177 Å². The summed E-state index contributed by atoms with van der Waals surface area (Å²) in [5.74, 6) is 0.982. The lowest BCUT2D eigenvalue weighted by Gasteiger charge is -2.15. The fourth-order valence-electron chi connectivity index (χ4n) is 3.47. The zero-order chi connectivity index (χ0) is 21.7. The van der Waals surface area contributed by atoms with Crippen LogP contribution in [0.2, 0.25) is 0 Å². The van der Waals surface area contributed by atoms with E-state index in [1.807, 2.05) is 69.3 Å². The second-order valence-corrected chi connectivity index (χ2v) is 7.02. The molecule has 5 heteroatoms. The second kappa shape index (κ2) is 9.27. The van der Waals surface area contributed by atoms with Crippen LogP contribution in [0, 0.1) is 0 Å². The van der Waals surface area contributed by atoms with Crippen LogP contribution in [0.5, 0.6) is 0 Å². The summed E-state index contributed by atoms with van der Waals surface area (Å²) in [5.41, 5.74) is 11.4. The molecular formula is C25H28N4O. The van der Waals surface area contributed by atoms with Gasteiger partial charge >= 0.3 is 0 Å². The van der Waals surface area contributed by atoms with Crippen LogP contribution >= 0.6 is 0 Å². The van der Waals surface area contributed by atoms with Crippen LogP contribution in [0.4, 0.5) is 5.82 Å². The molecule has 1 aromatic heterocycles. The lowest BCUT2D eigenvalue weighted by atomic mass is 9.99. The third-order valence-electron chi connectivity index (χ3n) is 5.02. The quantitative estimate of drug-likeness (QED) is 0.566. The first kappa shape index (κ1) is 21.1. The van der Waals surface area contributed by atoms with E-state index in [1.165, 1.54) is 0 Å². The van der Waals surface area contributed by atoms with Crippen molar-refractivity contribution in [1.82, 2.24) is 9.88 Å². The lowest BCUT2D eigenvalue weighted by Crippen LogP contribution is -2.26. The van der Waals surface area contributed by atoms with Crippen LogP contribution in [0.1, 0.15) is 26.3 Å². The molecule has 1 heterocycles. The van der Waals surface area contributed by atoms with Gasteiger partial charge in [0.15, 0.2) is 0 Å². The summed E-state index contributed by atoms with van der Waals surface area (Å²) in [7, 11) is 0. The molecule has 0 aliphatic rings. The van der Waals surface area contributed by atoms with Gasteiger partial charge in [0.05, 0.1) is 5.71 Å². The zero-order valence-corrected chi connectivity index (χ0v) is 17.8. The molecule has 0 saturated carbocycles. The van der Waals surface area contributed by atoms with Gasteiger partial charge in [-0.05, 0) is 43.5 Å². The Balaban J connectivity index is 2.09. The Morgan fingerprint density at radius 3 is 2.23 bits per heavy atom. The van der Waals surface area contributed by atoms with Gasteiger partial charge in [0.1, 0.15) is 11.6 Å². The van der Waals surface area contributed by atoms with Crippen LogP contribution in [-0.4, -0.2) is 16.8 Å². The van der Waals surface area contributed by atoms with Gasteiger partial charge in [0.25, 0.3) is 5.56 Å². The third kappa shape index (κ3) is 4.35. The minimum atomic E-state index is -0.107. The highest BCUT2D eigenvalue weighted by atomic mass is 16.1. The number of aliphatic imine (C=N–C) groups is 1. The number of nitrogen functional groups attached to an aromatic ring is 1. The van der Waals surface area contributed by atoms with E-state index in [-0.39, 0.29) is 5.56 Å². The molecular weight excluding hydrogens is 372 g/mol. The van der Waals surface area contributed by atoms with Crippen LogP contribution in [0.3, 0.4) is 0 Å². The SMILES string of the molecule is C=C(/N=C(/C)c1cc(-c2ccc(-c3ccccc3)cc2)c(=O)n(CC)c1N)NCC. The smallest absolute Gasteiger partial charge is 0.260 e. The number of anilines is 1. The van der Waals surface area contributed by atoms with Gasteiger partial charge in [-0.25, -0.2) is 4.99 Å². The van der Waals surface area contributed by atoms with E-state index >= 15 is 0 Å². The standard InChI is InChI=1S/C25H28N4O/c1-5-27-18(4)28-17(3)22-16-23(25(30)29(6-2)24(22)26)21-14-12-20(13-15-21)19-10-8-7-9-11-19/h7-16,27H,4-6,26H2,1-3H3/b28-17-. The van der Waals surface area contributed by atoms with Gasteiger partial charge in [-0.1, -0.05) is 61.2 Å². The van der Waals surface area contributed by atoms with Crippen molar-refractivity contribution < 1.29 is 0 Å². The molecule has 0 spiro atoms. The Hall–Kier alpha value is -3.60. The monoisotopic (exact) mass is 400 g/mol. The van der Waals surface area contributed by atoms with E-state index in [4.69, 9.17) is 5.73 Å². The number of nitrogens with zero attached hydrogens (tertiary/aromatic N) is 2. The molecule has 2 aromatic carbocycles. The van der Waals surface area contributed by atoms with E-state index in [2.05, 4.69) is 29.0 Å². The predicted octanol–water partition coefficient (Wildman–Crippen LogP) is 4.67. The first-order valence-electron chi connectivity index (χ1n) is 10.1. The Bertz CT molecular complexity index is 1130. The second-order valence-electron chi connectivity index (χ2n) is 7.02. The summed E-state index contributed by atoms with van der Waals surface area (Å²) in [6, 6.07) is 20.0. The molecule has 30 heavy (non-hydrogen) atoms. The number of nitrogens with two attached hydrogens (primary N) is 1. The number of aromatic nitrogens is 1. The van der Waals surface area contributed by atoms with Gasteiger partial charge in [0.2, 0.25) is 0 Å². The Morgan fingerprint density at radius 1 is 1.03 bits per heavy atom. The first-order chi connectivity index (χ1) is 14.5. The van der Waals surface area contributed by atoms with Crippen molar-refractivity contribution in [2.24, 2.45) is 4.99 Å². The molecule has 5 nitrogen and oxygen atoms in total. The highest BCUT2D eigenvalue weighted by Crippen LogP contribution is 2.25. The number of benzene rings is 2. The third-order valence-corrected chi connectivity index (χ3v) is 5.02. The van der Waals surface area contributed by atoms with Crippen molar-refractivity contribution in [3.8, 4) is 22.3 Å². The van der Waals surface area contributed by atoms with Crippen molar-refractivity contribution in [2.45, 2.75) is 27.3 Å². The summed E-state index contributed by atoms with van der Waals surface area (Å²) in [4.78, 5) is 17.6. The molecule has 3 aromatic rings. The van der Waals surface area contributed by atoms with E-state index in [0.29, 0.717) is 29.5 Å². The van der Waals surface area contributed by atoms with Crippen molar-refractivity contribution in [1.29, 1.82) is 0 Å². The molecule has 3 rings (SSSR count). The molecule has 0 radical (unpaired) electrons. The minimum Gasteiger partial charge on any atom is -0.384 e. The molecule has 0 unspecified atom stereocenters. The largest absolute Gasteiger partial charge is 0.384 e. The van der Waals surface area contributed by atoms with Gasteiger partial charge in [-0.2, -0.15) is 0 Å². The molecule has 0 saturated heterocycles. The molecule has 0 aliphatic carbocycles. The van der Waals surface area contributed by atoms with Gasteiger partial charge in [-0.15, -0.1) is 0 Å². The summed E-state index contributed by atoms with van der Waals surface area (Å²) in [6.07, 6.45) is 0. The van der Waals surface area contributed by atoms with Crippen molar-refractivity contribution >= 4 is 11.5 Å². The average Bonchev–Trinajstić information content (AvgIpc) is 2.75. The van der Waals surface area contributed by atoms with Crippen LogP contribution < -0.4 is 16.6 Å². The van der Waals surface area contributed by atoms with Crippen molar-refractivity contribution in [3.63, 3.8) is 0 Å². The van der Waals surface area contributed by atoms with E-state index < -0.39 is 0 Å². The fraction of sp³-hybridized carbons (Fsp3) is 0.200. The van der Waals surface area contributed by atoms with Crippen molar-refractivity contribution in [3.05, 3.63) is 89.0 Å². The average molecular weight is 401 g/mol. The van der Waals surface area contributed by atoms with Gasteiger partial charge in [0, 0.05) is 24.2 Å². The Kier molecular flexibility index (Phi) is 6.52. The van der Waals surface area contributed by atoms with Gasteiger partial charge < -0.3 is 11.1 Å². The normalized spacial score (nSPS) is 11.4. The predicted molar refractivity (Wildman–Crippen MR) is 127 cm³/mol. The lowest BCUT2D eigenvalue weighted by molar-refractivity contribution is 0.740. The Morgan fingerprint density at radius 2 is 1.63 bits per heavy atom. The van der Waals surface area contributed by atoms with E-state index in [9.17, 15) is 4.79 Å². The van der Waals surface area contributed by atoms with Crippen LogP contribution in [-0.2, 0) is 6.54 Å². The number of hydrogen-bond acceptors (Lipinski definition) is 4. The fourth-order valence-corrected chi connectivity index (χ4v) is 3.47. The summed E-state index contributed by atoms with van der Waals surface area (Å²) in [5, 5.41) is 3.08. The number of hydrogen-bond donors (Lipinski definition) is 2. The van der Waals surface area contributed by atoms with Gasteiger partial charge in [-0.3, -0.25) is 9.36 Å². The maximum atomic E-state index is 13.1. The molecule has 0 bridgehead atoms.